The summed E-state index contributed by atoms with van der Waals surface area (Å²) in [5, 5.41) is 14.6. The molecule has 0 saturated heterocycles. The van der Waals surface area contributed by atoms with Crippen LogP contribution in [0.4, 0.5) is 5.69 Å². The van der Waals surface area contributed by atoms with Crippen LogP contribution >= 0.6 is 0 Å². The van der Waals surface area contributed by atoms with E-state index < -0.39 is 0 Å². The fourth-order valence-corrected chi connectivity index (χ4v) is 4.48. The van der Waals surface area contributed by atoms with Crippen LogP contribution in [-0.4, -0.2) is 78.4 Å². The SMILES string of the molecule is C[C@H](Cc1nncn1C)c1cccc(NC(=O)c2ccc(CNCCOCCOCCOCCN)c(C3CC3)n2)c1. The first kappa shape index (κ1) is 30.7. The van der Waals surface area contributed by atoms with E-state index in [0.29, 0.717) is 64.3 Å². The Morgan fingerprint density at radius 1 is 1.07 bits per heavy atom. The molecule has 2 aromatic heterocycles. The van der Waals surface area contributed by atoms with Gasteiger partial charge in [-0.25, -0.2) is 4.98 Å². The van der Waals surface area contributed by atoms with Crippen LogP contribution < -0.4 is 16.4 Å². The molecule has 1 aromatic carbocycles. The number of benzene rings is 1. The fourth-order valence-electron chi connectivity index (χ4n) is 4.48. The number of carbonyl (C=O) groups excluding carboxylic acids is 1. The predicted octanol–water partition coefficient (Wildman–Crippen LogP) is 2.78. The summed E-state index contributed by atoms with van der Waals surface area (Å²) in [4.78, 5) is 17.9. The Bertz CT molecular complexity index is 1230. The van der Waals surface area contributed by atoms with Gasteiger partial charge in [0.15, 0.2) is 0 Å². The second-order valence-corrected chi connectivity index (χ2v) is 10.4. The van der Waals surface area contributed by atoms with Crippen molar-refractivity contribution in [1.29, 1.82) is 0 Å². The molecule has 0 aliphatic heterocycles. The van der Waals surface area contributed by atoms with Crippen LogP contribution in [0, 0.1) is 0 Å². The molecule has 4 rings (SSSR count). The van der Waals surface area contributed by atoms with Gasteiger partial charge in [-0.2, -0.15) is 0 Å². The summed E-state index contributed by atoms with van der Waals surface area (Å²) in [6, 6.07) is 11.8. The number of nitrogens with zero attached hydrogens (tertiary/aromatic N) is 4. The van der Waals surface area contributed by atoms with E-state index in [1.807, 2.05) is 41.9 Å². The number of amides is 1. The maximum atomic E-state index is 13.1. The molecule has 0 unspecified atom stereocenters. The molecule has 222 valence electrons. The number of anilines is 1. The predicted molar refractivity (Wildman–Crippen MR) is 157 cm³/mol. The highest BCUT2D eigenvalue weighted by molar-refractivity contribution is 6.03. The van der Waals surface area contributed by atoms with E-state index in [9.17, 15) is 4.79 Å². The zero-order chi connectivity index (χ0) is 28.9. The minimum absolute atomic E-state index is 0.203. The van der Waals surface area contributed by atoms with E-state index in [0.717, 1.165) is 54.1 Å². The number of nitrogens with two attached hydrogens (primary N) is 1. The molecule has 11 heteroatoms. The Balaban J connectivity index is 1.22. The Labute approximate surface area is 242 Å². The van der Waals surface area contributed by atoms with E-state index in [1.54, 1.807) is 6.33 Å². The summed E-state index contributed by atoms with van der Waals surface area (Å²) >= 11 is 0. The van der Waals surface area contributed by atoms with Crippen LogP contribution in [0.3, 0.4) is 0 Å². The minimum Gasteiger partial charge on any atom is -0.378 e. The van der Waals surface area contributed by atoms with Crippen LogP contribution in [0.5, 0.6) is 0 Å². The number of aryl methyl sites for hydroxylation is 1. The summed E-state index contributed by atoms with van der Waals surface area (Å²) in [5.41, 5.74) is 9.83. The Kier molecular flexibility index (Phi) is 12.2. The van der Waals surface area contributed by atoms with Crippen LogP contribution in [0.1, 0.15) is 64.7 Å². The van der Waals surface area contributed by atoms with Crippen LogP contribution in [0.2, 0.25) is 0 Å². The number of nitrogens with one attached hydrogen (secondary N) is 2. The summed E-state index contributed by atoms with van der Waals surface area (Å²) in [7, 11) is 1.94. The van der Waals surface area contributed by atoms with Crippen molar-refractivity contribution in [3.8, 4) is 0 Å². The second kappa shape index (κ2) is 16.3. The highest BCUT2D eigenvalue weighted by Gasteiger charge is 2.28. The zero-order valence-electron chi connectivity index (χ0n) is 24.2. The lowest BCUT2D eigenvalue weighted by molar-refractivity contribution is 0.0165. The Morgan fingerprint density at radius 2 is 1.83 bits per heavy atom. The average Bonchev–Trinajstić information content (AvgIpc) is 3.75. The van der Waals surface area contributed by atoms with E-state index in [4.69, 9.17) is 24.9 Å². The van der Waals surface area contributed by atoms with Crippen molar-refractivity contribution >= 4 is 11.6 Å². The Hall–Kier alpha value is -3.22. The van der Waals surface area contributed by atoms with Crippen LogP contribution in [0.25, 0.3) is 0 Å². The molecule has 1 aliphatic carbocycles. The van der Waals surface area contributed by atoms with Gasteiger partial charge in [0.1, 0.15) is 17.8 Å². The van der Waals surface area contributed by atoms with Crippen molar-refractivity contribution in [2.24, 2.45) is 12.8 Å². The van der Waals surface area contributed by atoms with Gasteiger partial charge in [0.05, 0.1) is 39.6 Å². The van der Waals surface area contributed by atoms with Crippen LogP contribution in [-0.2, 0) is 34.2 Å². The maximum absolute atomic E-state index is 13.1. The van der Waals surface area contributed by atoms with Gasteiger partial charge in [0.25, 0.3) is 5.91 Å². The monoisotopic (exact) mass is 565 g/mol. The third-order valence-corrected chi connectivity index (χ3v) is 6.96. The van der Waals surface area contributed by atoms with E-state index in [2.05, 4.69) is 33.8 Å². The van der Waals surface area contributed by atoms with Crippen LogP contribution in [0.15, 0.2) is 42.7 Å². The smallest absolute Gasteiger partial charge is 0.274 e. The van der Waals surface area contributed by atoms with Crippen molar-refractivity contribution in [3.63, 3.8) is 0 Å². The standard InChI is InChI=1S/C30H43N7O4/c1-22(18-28-36-33-21-37(28)2)24-4-3-5-26(19-24)34-30(38)27-9-8-25(29(35-27)23-6-7-23)20-32-11-13-40-15-17-41-16-14-39-12-10-31/h3-5,8-9,19,21-23,32H,6-7,10-18,20,31H2,1-2H3,(H,34,38)/t22-/m1/s1. The fraction of sp³-hybridized carbons (Fsp3) is 0.533. The number of aromatic nitrogens is 4. The van der Waals surface area contributed by atoms with Gasteiger partial charge in [0, 0.05) is 50.4 Å². The van der Waals surface area contributed by atoms with Crippen molar-refractivity contribution in [2.45, 2.75) is 44.6 Å². The molecule has 1 atom stereocenters. The molecule has 1 saturated carbocycles. The number of hydrogen-bond acceptors (Lipinski definition) is 9. The summed E-state index contributed by atoms with van der Waals surface area (Å²) in [6.07, 6.45) is 4.69. The molecule has 1 fully saturated rings. The maximum Gasteiger partial charge on any atom is 0.274 e. The molecule has 0 bridgehead atoms. The third kappa shape index (κ3) is 9.98. The zero-order valence-corrected chi connectivity index (χ0v) is 24.2. The molecule has 2 heterocycles. The molecule has 0 radical (unpaired) electrons. The molecule has 1 amide bonds. The van der Waals surface area contributed by atoms with Crippen molar-refractivity contribution in [1.82, 2.24) is 25.1 Å². The van der Waals surface area contributed by atoms with Gasteiger partial charge >= 0.3 is 0 Å². The number of carbonyl (C=O) groups is 1. The van der Waals surface area contributed by atoms with E-state index in [1.165, 1.54) is 0 Å². The molecule has 1 aliphatic rings. The van der Waals surface area contributed by atoms with Crippen molar-refractivity contribution in [3.05, 3.63) is 71.1 Å². The molecule has 0 spiro atoms. The first-order chi connectivity index (χ1) is 20.0. The summed E-state index contributed by atoms with van der Waals surface area (Å²) in [6.45, 7) is 7.40. The Morgan fingerprint density at radius 3 is 2.54 bits per heavy atom. The quantitative estimate of drug-likeness (QED) is 0.187. The van der Waals surface area contributed by atoms with Gasteiger partial charge in [-0.3, -0.25) is 4.79 Å². The number of ether oxygens (including phenoxy) is 3. The van der Waals surface area contributed by atoms with Gasteiger partial charge in [-0.15, -0.1) is 10.2 Å². The van der Waals surface area contributed by atoms with Gasteiger partial charge < -0.3 is 35.1 Å². The van der Waals surface area contributed by atoms with E-state index >= 15 is 0 Å². The topological polar surface area (TPSA) is 138 Å². The lowest BCUT2D eigenvalue weighted by Gasteiger charge is -2.14. The number of rotatable bonds is 19. The van der Waals surface area contributed by atoms with Crippen molar-refractivity contribution < 1.29 is 19.0 Å². The molecule has 3 aromatic rings. The first-order valence-corrected chi connectivity index (χ1v) is 14.4. The van der Waals surface area contributed by atoms with Gasteiger partial charge in [-0.05, 0) is 48.1 Å². The average molecular weight is 566 g/mol. The second-order valence-electron chi connectivity index (χ2n) is 10.4. The molecule has 11 nitrogen and oxygen atoms in total. The van der Waals surface area contributed by atoms with E-state index in [-0.39, 0.29) is 11.8 Å². The molecular weight excluding hydrogens is 522 g/mol. The van der Waals surface area contributed by atoms with Gasteiger partial charge in [0.2, 0.25) is 0 Å². The third-order valence-electron chi connectivity index (χ3n) is 6.96. The molecule has 4 N–H and O–H groups in total. The molecular formula is C30H43N7O4. The van der Waals surface area contributed by atoms with Gasteiger partial charge in [-0.1, -0.05) is 25.1 Å². The summed E-state index contributed by atoms with van der Waals surface area (Å²) in [5.74, 6) is 1.38. The number of hydrogen-bond donors (Lipinski definition) is 3. The van der Waals surface area contributed by atoms with Crippen molar-refractivity contribution in [2.75, 3.05) is 58.0 Å². The number of pyridine rings is 1. The highest BCUT2D eigenvalue weighted by atomic mass is 16.5. The minimum atomic E-state index is -0.203. The highest BCUT2D eigenvalue weighted by Crippen LogP contribution is 2.40. The normalized spacial score (nSPS) is 13.8. The lowest BCUT2D eigenvalue weighted by Crippen LogP contribution is -2.22. The summed E-state index contributed by atoms with van der Waals surface area (Å²) < 4.78 is 18.3. The largest absolute Gasteiger partial charge is 0.378 e. The molecule has 41 heavy (non-hydrogen) atoms. The first-order valence-electron chi connectivity index (χ1n) is 14.4. The lowest BCUT2D eigenvalue weighted by atomic mass is 9.97.